The molecule has 162 valence electrons. The number of benzene rings is 1. The Bertz CT molecular complexity index is 829. The van der Waals surface area contributed by atoms with Gasteiger partial charge in [0.15, 0.2) is 12.6 Å². The second-order valence-electron chi connectivity index (χ2n) is 8.29. The van der Waals surface area contributed by atoms with Crippen LogP contribution < -0.4 is 4.90 Å². The number of esters is 1. The molecule has 0 saturated heterocycles. The Kier molecular flexibility index (Phi) is 7.69. The molecular formula is C24H33N2O4+. The van der Waals surface area contributed by atoms with Crippen LogP contribution in [0.15, 0.2) is 46.9 Å². The average Bonchev–Trinajstić information content (AvgIpc) is 3.48. The number of ether oxygens (including phenoxy) is 1. The van der Waals surface area contributed by atoms with E-state index in [0.29, 0.717) is 19.0 Å². The molecule has 0 spiro atoms. The van der Waals surface area contributed by atoms with Crippen molar-refractivity contribution in [1.82, 2.24) is 4.90 Å². The quantitative estimate of drug-likeness (QED) is 0.573. The lowest BCUT2D eigenvalue weighted by Crippen LogP contribution is -3.17. The van der Waals surface area contributed by atoms with Crippen LogP contribution in [0.3, 0.4) is 0 Å². The molecule has 1 aliphatic rings. The van der Waals surface area contributed by atoms with Crippen molar-refractivity contribution in [2.24, 2.45) is 5.92 Å². The summed E-state index contributed by atoms with van der Waals surface area (Å²) in [5.74, 6) is 1.98. The minimum atomic E-state index is -0.360. The number of carbonyl (C=O) groups is 2. The van der Waals surface area contributed by atoms with Crippen LogP contribution in [-0.4, -0.2) is 49.6 Å². The van der Waals surface area contributed by atoms with Gasteiger partial charge < -0.3 is 19.0 Å². The Morgan fingerprint density at radius 3 is 2.53 bits per heavy atom. The number of hydrogen-bond acceptors (Lipinski definition) is 4. The molecule has 6 heteroatoms. The van der Waals surface area contributed by atoms with Crippen molar-refractivity contribution in [1.29, 1.82) is 0 Å². The van der Waals surface area contributed by atoms with E-state index in [1.807, 2.05) is 49.1 Å². The van der Waals surface area contributed by atoms with E-state index in [1.54, 1.807) is 0 Å². The van der Waals surface area contributed by atoms with Gasteiger partial charge in [0.1, 0.15) is 11.5 Å². The number of hydrogen-bond donors (Lipinski definition) is 1. The first-order valence-corrected chi connectivity index (χ1v) is 10.8. The van der Waals surface area contributed by atoms with Gasteiger partial charge in [0.25, 0.3) is 5.91 Å². The summed E-state index contributed by atoms with van der Waals surface area (Å²) in [5.41, 5.74) is 1.19. The number of aryl methyl sites for hydroxylation is 1. The third-order valence-corrected chi connectivity index (χ3v) is 5.80. The number of nitrogens with zero attached hydrogens (tertiary/aromatic N) is 1. The van der Waals surface area contributed by atoms with Gasteiger partial charge in [-0.25, -0.2) is 4.79 Å². The van der Waals surface area contributed by atoms with Gasteiger partial charge in [0, 0.05) is 12.5 Å². The van der Waals surface area contributed by atoms with Crippen LogP contribution in [0.1, 0.15) is 36.8 Å². The van der Waals surface area contributed by atoms with Gasteiger partial charge in [0.05, 0.1) is 20.2 Å². The fourth-order valence-electron chi connectivity index (χ4n) is 3.70. The van der Waals surface area contributed by atoms with Gasteiger partial charge in [-0.3, -0.25) is 4.79 Å². The summed E-state index contributed by atoms with van der Waals surface area (Å²) in [7, 11) is 1.40. The summed E-state index contributed by atoms with van der Waals surface area (Å²) in [5, 5.41) is 0. The molecule has 1 fully saturated rings. The summed E-state index contributed by atoms with van der Waals surface area (Å²) in [6.45, 7) is 5.89. The van der Waals surface area contributed by atoms with Crippen LogP contribution in [0.4, 0.5) is 0 Å². The van der Waals surface area contributed by atoms with Crippen LogP contribution in [-0.2, 0) is 27.3 Å². The third-order valence-electron chi connectivity index (χ3n) is 5.80. The van der Waals surface area contributed by atoms with E-state index in [0.717, 1.165) is 29.4 Å². The SMILES string of the molecule is COC(=O)[C@@H](C)[NH+](CC(=O)N(CCc1ccccc1)Cc1ccc(C)o1)CC1CC1. The van der Waals surface area contributed by atoms with Gasteiger partial charge in [-0.05, 0) is 50.8 Å². The van der Waals surface area contributed by atoms with Crippen molar-refractivity contribution in [3.05, 3.63) is 59.5 Å². The minimum absolute atomic E-state index is 0.0337. The lowest BCUT2D eigenvalue weighted by Gasteiger charge is -2.28. The molecule has 0 radical (unpaired) electrons. The highest BCUT2D eigenvalue weighted by Gasteiger charge is 2.35. The summed E-state index contributed by atoms with van der Waals surface area (Å²) in [6, 6.07) is 13.6. The zero-order chi connectivity index (χ0) is 21.5. The van der Waals surface area contributed by atoms with E-state index >= 15 is 0 Å². The van der Waals surface area contributed by atoms with Crippen LogP contribution in [0, 0.1) is 12.8 Å². The first-order valence-electron chi connectivity index (χ1n) is 10.8. The average molecular weight is 414 g/mol. The zero-order valence-electron chi connectivity index (χ0n) is 18.2. The molecule has 1 amide bonds. The zero-order valence-corrected chi connectivity index (χ0v) is 18.2. The minimum Gasteiger partial charge on any atom is -0.465 e. The van der Waals surface area contributed by atoms with Crippen molar-refractivity contribution in [3.63, 3.8) is 0 Å². The van der Waals surface area contributed by atoms with Gasteiger partial charge in [0.2, 0.25) is 0 Å². The van der Waals surface area contributed by atoms with Crippen molar-refractivity contribution >= 4 is 11.9 Å². The van der Waals surface area contributed by atoms with E-state index in [-0.39, 0.29) is 24.5 Å². The molecule has 6 nitrogen and oxygen atoms in total. The van der Waals surface area contributed by atoms with Gasteiger partial charge in [-0.1, -0.05) is 30.3 Å². The molecule has 3 rings (SSSR count). The van der Waals surface area contributed by atoms with Crippen molar-refractivity contribution < 1.29 is 23.6 Å². The molecule has 1 aliphatic carbocycles. The monoisotopic (exact) mass is 413 g/mol. The molecule has 2 aromatic rings. The second-order valence-corrected chi connectivity index (χ2v) is 8.29. The van der Waals surface area contributed by atoms with Crippen LogP contribution in [0.5, 0.6) is 0 Å². The first-order chi connectivity index (χ1) is 14.5. The maximum absolute atomic E-state index is 13.3. The summed E-state index contributed by atoms with van der Waals surface area (Å²) >= 11 is 0. The number of rotatable bonds is 11. The maximum atomic E-state index is 13.3. The lowest BCUT2D eigenvalue weighted by atomic mass is 10.1. The van der Waals surface area contributed by atoms with Gasteiger partial charge in [-0.15, -0.1) is 0 Å². The third kappa shape index (κ3) is 6.46. The fourth-order valence-corrected chi connectivity index (χ4v) is 3.70. The Morgan fingerprint density at radius 2 is 1.93 bits per heavy atom. The number of amides is 1. The molecule has 0 bridgehead atoms. The predicted octanol–water partition coefficient (Wildman–Crippen LogP) is 2.02. The van der Waals surface area contributed by atoms with Crippen LogP contribution in [0.25, 0.3) is 0 Å². The number of quaternary nitrogens is 1. The van der Waals surface area contributed by atoms with Gasteiger partial charge in [-0.2, -0.15) is 0 Å². The van der Waals surface area contributed by atoms with E-state index in [4.69, 9.17) is 9.15 Å². The fraction of sp³-hybridized carbons (Fsp3) is 0.500. The summed E-state index contributed by atoms with van der Waals surface area (Å²) in [4.78, 5) is 28.3. The molecule has 1 heterocycles. The van der Waals surface area contributed by atoms with Gasteiger partial charge >= 0.3 is 5.97 Å². The maximum Gasteiger partial charge on any atom is 0.364 e. The molecule has 1 aromatic carbocycles. The standard InChI is InChI=1S/C24H32N2O4/c1-18-9-12-22(30-18)16-25(14-13-20-7-5-4-6-8-20)23(27)17-26(15-21-10-11-21)19(2)24(28)29-3/h4-9,12,19,21H,10-11,13-17H2,1-3H3/p+1/t19-/m1/s1. The first kappa shape index (κ1) is 22.1. The summed E-state index contributed by atoms with van der Waals surface area (Å²) in [6.07, 6.45) is 3.13. The van der Waals surface area contributed by atoms with Crippen molar-refractivity contribution in [2.45, 2.75) is 45.7 Å². The van der Waals surface area contributed by atoms with Crippen LogP contribution in [0.2, 0.25) is 0 Å². The lowest BCUT2D eigenvalue weighted by molar-refractivity contribution is -0.909. The van der Waals surface area contributed by atoms with Crippen LogP contribution >= 0.6 is 0 Å². The number of nitrogens with one attached hydrogen (secondary N) is 1. The highest BCUT2D eigenvalue weighted by molar-refractivity contribution is 5.78. The Hall–Kier alpha value is -2.60. The molecule has 1 aromatic heterocycles. The Labute approximate surface area is 178 Å². The van der Waals surface area contributed by atoms with E-state index in [1.165, 1.54) is 25.5 Å². The normalized spacial score (nSPS) is 15.4. The number of methoxy groups -OCH3 is 1. The molecule has 30 heavy (non-hydrogen) atoms. The highest BCUT2D eigenvalue weighted by atomic mass is 16.5. The number of carbonyl (C=O) groups excluding carboxylic acids is 2. The van der Waals surface area contributed by atoms with E-state index < -0.39 is 0 Å². The molecule has 1 saturated carbocycles. The number of furan rings is 1. The Morgan fingerprint density at radius 1 is 1.20 bits per heavy atom. The molecule has 0 aliphatic heterocycles. The van der Waals surface area contributed by atoms with E-state index in [9.17, 15) is 9.59 Å². The molecule has 2 atom stereocenters. The van der Waals surface area contributed by atoms with Crippen molar-refractivity contribution in [3.8, 4) is 0 Å². The highest BCUT2D eigenvalue weighted by Crippen LogP contribution is 2.26. The van der Waals surface area contributed by atoms with Crippen molar-refractivity contribution in [2.75, 3.05) is 26.7 Å². The Balaban J connectivity index is 1.70. The molecule has 1 N–H and O–H groups in total. The second kappa shape index (κ2) is 10.4. The largest absolute Gasteiger partial charge is 0.465 e. The smallest absolute Gasteiger partial charge is 0.364 e. The molecule has 1 unspecified atom stereocenters. The topological polar surface area (TPSA) is 64.2 Å². The van der Waals surface area contributed by atoms with E-state index in [2.05, 4.69) is 12.1 Å². The molecular weight excluding hydrogens is 380 g/mol. The predicted molar refractivity (Wildman–Crippen MR) is 114 cm³/mol. The summed E-state index contributed by atoms with van der Waals surface area (Å²) < 4.78 is 10.7.